The molecule has 1 heterocycles. The standard InChI is InChI=1S/C12H9ClFN3O/c13-10-6-11(16-7-15-10)17-12(18)5-8-3-1-2-4-9(8)14/h1-4,6-7H,5H2,(H,15,16,17,18). The van der Waals surface area contributed by atoms with Crippen molar-refractivity contribution < 1.29 is 9.18 Å². The fraction of sp³-hybridized carbons (Fsp3) is 0.0833. The van der Waals surface area contributed by atoms with E-state index < -0.39 is 5.82 Å². The summed E-state index contributed by atoms with van der Waals surface area (Å²) in [5.41, 5.74) is 0.329. The molecular formula is C12H9ClFN3O. The van der Waals surface area contributed by atoms with E-state index in [-0.39, 0.29) is 23.3 Å². The molecule has 0 unspecified atom stereocenters. The van der Waals surface area contributed by atoms with Crippen LogP contribution in [0, 0.1) is 5.82 Å². The molecule has 0 bridgehead atoms. The molecule has 1 aromatic heterocycles. The molecule has 0 aliphatic rings. The SMILES string of the molecule is O=C(Cc1ccccc1F)Nc1cc(Cl)ncn1. The van der Waals surface area contributed by atoms with Gasteiger partial charge in [0.05, 0.1) is 6.42 Å². The van der Waals surface area contributed by atoms with Crippen LogP contribution in [0.25, 0.3) is 0 Å². The number of hydrogen-bond acceptors (Lipinski definition) is 3. The van der Waals surface area contributed by atoms with Crippen molar-refractivity contribution >= 4 is 23.3 Å². The maximum absolute atomic E-state index is 13.3. The number of carbonyl (C=O) groups excluding carboxylic acids is 1. The van der Waals surface area contributed by atoms with E-state index in [0.29, 0.717) is 5.56 Å². The van der Waals surface area contributed by atoms with Crippen LogP contribution in [-0.4, -0.2) is 15.9 Å². The molecule has 2 aromatic rings. The molecule has 0 aliphatic heterocycles. The van der Waals surface area contributed by atoms with Crippen molar-refractivity contribution in [2.24, 2.45) is 0 Å². The topological polar surface area (TPSA) is 54.9 Å². The van der Waals surface area contributed by atoms with Crippen molar-refractivity contribution in [3.63, 3.8) is 0 Å². The van der Waals surface area contributed by atoms with Crippen molar-refractivity contribution in [1.82, 2.24) is 9.97 Å². The Bertz CT molecular complexity index is 577. The van der Waals surface area contributed by atoms with Crippen molar-refractivity contribution in [3.8, 4) is 0 Å². The van der Waals surface area contributed by atoms with Gasteiger partial charge in [-0.05, 0) is 11.6 Å². The lowest BCUT2D eigenvalue weighted by molar-refractivity contribution is -0.115. The summed E-state index contributed by atoms with van der Waals surface area (Å²) in [5, 5.41) is 2.75. The monoisotopic (exact) mass is 265 g/mol. The Morgan fingerprint density at radius 3 is 2.83 bits per heavy atom. The zero-order valence-electron chi connectivity index (χ0n) is 9.23. The third-order valence-electron chi connectivity index (χ3n) is 2.21. The Hall–Kier alpha value is -2.01. The summed E-state index contributed by atoms with van der Waals surface area (Å²) in [4.78, 5) is 19.2. The molecule has 0 radical (unpaired) electrons. The molecule has 92 valence electrons. The van der Waals surface area contributed by atoms with E-state index in [1.807, 2.05) is 0 Å². The number of carbonyl (C=O) groups is 1. The van der Waals surface area contributed by atoms with Gasteiger partial charge in [-0.1, -0.05) is 29.8 Å². The minimum Gasteiger partial charge on any atom is -0.310 e. The Morgan fingerprint density at radius 1 is 1.33 bits per heavy atom. The van der Waals surface area contributed by atoms with E-state index in [1.54, 1.807) is 18.2 Å². The lowest BCUT2D eigenvalue weighted by Gasteiger charge is -2.05. The molecule has 0 fully saturated rings. The summed E-state index contributed by atoms with van der Waals surface area (Å²) < 4.78 is 13.3. The zero-order valence-corrected chi connectivity index (χ0v) is 9.99. The molecule has 0 atom stereocenters. The number of halogens is 2. The normalized spacial score (nSPS) is 10.1. The lowest BCUT2D eigenvalue weighted by Crippen LogP contribution is -2.16. The van der Waals surface area contributed by atoms with Crippen LogP contribution in [0.2, 0.25) is 5.15 Å². The van der Waals surface area contributed by atoms with E-state index >= 15 is 0 Å². The predicted molar refractivity (Wildman–Crippen MR) is 65.8 cm³/mol. The number of amides is 1. The van der Waals surface area contributed by atoms with Gasteiger partial charge in [-0.25, -0.2) is 14.4 Å². The maximum atomic E-state index is 13.3. The molecule has 0 spiro atoms. The van der Waals surface area contributed by atoms with Crippen LogP contribution in [0.4, 0.5) is 10.2 Å². The quantitative estimate of drug-likeness (QED) is 0.868. The highest BCUT2D eigenvalue weighted by Gasteiger charge is 2.08. The molecule has 2 rings (SSSR count). The second-order valence-electron chi connectivity index (χ2n) is 3.54. The maximum Gasteiger partial charge on any atom is 0.230 e. The molecule has 0 aliphatic carbocycles. The van der Waals surface area contributed by atoms with Crippen LogP contribution >= 0.6 is 11.6 Å². The first-order chi connectivity index (χ1) is 8.65. The molecule has 1 amide bonds. The highest BCUT2D eigenvalue weighted by molar-refractivity contribution is 6.29. The Labute approximate surface area is 108 Å². The van der Waals surface area contributed by atoms with E-state index in [4.69, 9.17) is 11.6 Å². The fourth-order valence-corrected chi connectivity index (χ4v) is 1.55. The summed E-state index contributed by atoms with van der Waals surface area (Å²) in [6.07, 6.45) is 1.18. The smallest absolute Gasteiger partial charge is 0.230 e. The minimum absolute atomic E-state index is 0.0612. The van der Waals surface area contributed by atoms with E-state index in [1.165, 1.54) is 18.5 Å². The van der Waals surface area contributed by atoms with Gasteiger partial charge >= 0.3 is 0 Å². The zero-order chi connectivity index (χ0) is 13.0. The number of hydrogen-bond donors (Lipinski definition) is 1. The Balaban J connectivity index is 2.03. The van der Waals surface area contributed by atoms with E-state index in [9.17, 15) is 9.18 Å². The molecule has 1 N–H and O–H groups in total. The number of benzene rings is 1. The highest BCUT2D eigenvalue weighted by Crippen LogP contribution is 2.11. The third kappa shape index (κ3) is 3.24. The largest absolute Gasteiger partial charge is 0.310 e. The van der Waals surface area contributed by atoms with E-state index in [0.717, 1.165) is 0 Å². The van der Waals surface area contributed by atoms with Crippen LogP contribution < -0.4 is 5.32 Å². The van der Waals surface area contributed by atoms with Gasteiger partial charge < -0.3 is 5.32 Å². The molecule has 4 nitrogen and oxygen atoms in total. The van der Waals surface area contributed by atoms with Gasteiger partial charge in [0.1, 0.15) is 23.1 Å². The first-order valence-electron chi connectivity index (χ1n) is 5.16. The summed E-state index contributed by atoms with van der Waals surface area (Å²) in [5.74, 6) is -0.487. The minimum atomic E-state index is -0.409. The average Bonchev–Trinajstić information content (AvgIpc) is 2.32. The second-order valence-corrected chi connectivity index (χ2v) is 3.93. The predicted octanol–water partition coefficient (Wildman–Crippen LogP) is 2.45. The van der Waals surface area contributed by atoms with Crippen LogP contribution in [0.15, 0.2) is 36.7 Å². The summed E-state index contributed by atoms with van der Waals surface area (Å²) in [6.45, 7) is 0. The van der Waals surface area contributed by atoms with Crippen molar-refractivity contribution in [2.75, 3.05) is 5.32 Å². The second kappa shape index (κ2) is 5.55. The van der Waals surface area contributed by atoms with Crippen molar-refractivity contribution in [1.29, 1.82) is 0 Å². The third-order valence-corrected chi connectivity index (χ3v) is 2.42. The molecule has 0 saturated carbocycles. The van der Waals surface area contributed by atoms with Gasteiger partial charge in [0.2, 0.25) is 5.91 Å². The van der Waals surface area contributed by atoms with Gasteiger partial charge in [0.15, 0.2) is 0 Å². The summed E-state index contributed by atoms with van der Waals surface area (Å²) in [6, 6.07) is 7.53. The molecule has 1 aromatic carbocycles. The number of anilines is 1. The number of nitrogens with one attached hydrogen (secondary N) is 1. The first kappa shape index (κ1) is 12.4. The number of aromatic nitrogens is 2. The summed E-state index contributed by atoms with van der Waals surface area (Å²) in [7, 11) is 0. The molecular weight excluding hydrogens is 257 g/mol. The van der Waals surface area contributed by atoms with Crippen LogP contribution in [0.3, 0.4) is 0 Å². The average molecular weight is 266 g/mol. The van der Waals surface area contributed by atoms with Gasteiger partial charge in [-0.3, -0.25) is 4.79 Å². The number of rotatable bonds is 3. The molecule has 18 heavy (non-hydrogen) atoms. The van der Waals surface area contributed by atoms with E-state index in [2.05, 4.69) is 15.3 Å². The van der Waals surface area contributed by atoms with Crippen LogP contribution in [0.1, 0.15) is 5.56 Å². The van der Waals surface area contributed by atoms with Gasteiger partial charge in [-0.2, -0.15) is 0 Å². The van der Waals surface area contributed by atoms with Crippen molar-refractivity contribution in [3.05, 3.63) is 53.2 Å². The van der Waals surface area contributed by atoms with Crippen LogP contribution in [-0.2, 0) is 11.2 Å². The lowest BCUT2D eigenvalue weighted by atomic mass is 10.1. The highest BCUT2D eigenvalue weighted by atomic mass is 35.5. The number of nitrogens with zero attached hydrogens (tertiary/aromatic N) is 2. The van der Waals surface area contributed by atoms with Gasteiger partial charge in [-0.15, -0.1) is 0 Å². The Kier molecular flexibility index (Phi) is 3.84. The van der Waals surface area contributed by atoms with Crippen molar-refractivity contribution in [2.45, 2.75) is 6.42 Å². The fourth-order valence-electron chi connectivity index (χ4n) is 1.40. The molecule has 0 saturated heterocycles. The van der Waals surface area contributed by atoms with Crippen LogP contribution in [0.5, 0.6) is 0 Å². The first-order valence-corrected chi connectivity index (χ1v) is 5.54. The van der Waals surface area contributed by atoms with Gasteiger partial charge in [0.25, 0.3) is 0 Å². The summed E-state index contributed by atoms with van der Waals surface area (Å²) >= 11 is 5.65. The molecule has 6 heteroatoms. The Morgan fingerprint density at radius 2 is 2.11 bits per heavy atom. The van der Waals surface area contributed by atoms with Gasteiger partial charge in [0, 0.05) is 6.07 Å².